The molecule has 1 atom stereocenters. The highest BCUT2D eigenvalue weighted by Crippen LogP contribution is 2.24. The Morgan fingerprint density at radius 1 is 1.22 bits per heavy atom. The van der Waals surface area contributed by atoms with Crippen molar-refractivity contribution in [1.82, 2.24) is 9.97 Å². The van der Waals surface area contributed by atoms with Crippen molar-refractivity contribution in [2.24, 2.45) is 0 Å². The van der Waals surface area contributed by atoms with Crippen LogP contribution in [0, 0.1) is 4.77 Å². The minimum atomic E-state index is -0.278. The highest BCUT2D eigenvalue weighted by atomic mass is 32.1. The molecule has 1 aromatic carbocycles. The molecule has 2 N–H and O–H groups in total. The third-order valence-corrected chi connectivity index (χ3v) is 2.91. The van der Waals surface area contributed by atoms with Gasteiger partial charge in [0.15, 0.2) is 10.5 Å². The Morgan fingerprint density at radius 3 is 2.78 bits per heavy atom. The summed E-state index contributed by atoms with van der Waals surface area (Å²) >= 11 is 4.97. The van der Waals surface area contributed by atoms with Gasteiger partial charge in [0.25, 0.3) is 0 Å². The molecule has 0 saturated heterocycles. The van der Waals surface area contributed by atoms with Crippen molar-refractivity contribution < 1.29 is 9.47 Å². The van der Waals surface area contributed by atoms with E-state index in [0.29, 0.717) is 17.0 Å². The first-order valence-corrected chi connectivity index (χ1v) is 6.06. The Morgan fingerprint density at radius 2 is 2.06 bits per heavy atom. The van der Waals surface area contributed by atoms with E-state index in [1.54, 1.807) is 12.5 Å². The second-order valence-corrected chi connectivity index (χ2v) is 4.42. The van der Waals surface area contributed by atoms with Crippen LogP contribution in [0.5, 0.6) is 0 Å². The van der Waals surface area contributed by atoms with Gasteiger partial charge in [-0.3, -0.25) is 0 Å². The summed E-state index contributed by atoms with van der Waals surface area (Å²) in [6.07, 6.45) is 3.82. The second-order valence-electron chi connectivity index (χ2n) is 4.01. The topological polar surface area (TPSA) is 50.0 Å². The smallest absolute Gasteiger partial charge is 0.244 e. The normalized spacial score (nSPS) is 18.0. The molecule has 4 nitrogen and oxygen atoms in total. The number of rotatable bonds is 3. The quantitative estimate of drug-likeness (QED) is 0.834. The fraction of sp³-hybridized carbons (Fsp3) is 0.154. The lowest BCUT2D eigenvalue weighted by Crippen LogP contribution is -2.11. The van der Waals surface area contributed by atoms with Crippen LogP contribution in [0.25, 0.3) is 5.76 Å². The lowest BCUT2D eigenvalue weighted by Gasteiger charge is -2.11. The molecule has 0 amide bonds. The fourth-order valence-corrected chi connectivity index (χ4v) is 1.99. The highest BCUT2D eigenvalue weighted by Gasteiger charge is 2.21. The third-order valence-electron chi connectivity index (χ3n) is 2.69. The Balaban J connectivity index is 1.66. The summed E-state index contributed by atoms with van der Waals surface area (Å²) < 4.78 is 11.8. The van der Waals surface area contributed by atoms with Crippen LogP contribution in [0.3, 0.4) is 0 Å². The van der Waals surface area contributed by atoms with Gasteiger partial charge in [-0.15, -0.1) is 0 Å². The minimum Gasteiger partial charge on any atom is -0.458 e. The van der Waals surface area contributed by atoms with Crippen LogP contribution in [0.2, 0.25) is 0 Å². The minimum absolute atomic E-state index is 0.278. The second kappa shape index (κ2) is 4.70. The summed E-state index contributed by atoms with van der Waals surface area (Å²) in [7, 11) is 0. The van der Waals surface area contributed by atoms with Crippen molar-refractivity contribution in [2.45, 2.75) is 12.7 Å². The van der Waals surface area contributed by atoms with Crippen LogP contribution in [-0.2, 0) is 15.9 Å². The molecule has 5 heteroatoms. The van der Waals surface area contributed by atoms with Gasteiger partial charge < -0.3 is 19.4 Å². The van der Waals surface area contributed by atoms with Crippen LogP contribution in [-0.4, -0.2) is 16.3 Å². The van der Waals surface area contributed by atoms with Crippen molar-refractivity contribution in [2.75, 3.05) is 0 Å². The molecule has 0 bridgehead atoms. The molecule has 18 heavy (non-hydrogen) atoms. The standard InChI is InChI=1S/C13H12N2O2S/c18-13-14-7-10(15-13)11-8-16-12(17-11)6-9-4-2-1-3-5-9/h1-5,7-8,12H,6H2,(H2,14,15,18). The van der Waals surface area contributed by atoms with E-state index in [4.69, 9.17) is 21.7 Å². The monoisotopic (exact) mass is 260 g/mol. The highest BCUT2D eigenvalue weighted by molar-refractivity contribution is 7.71. The van der Waals surface area contributed by atoms with Gasteiger partial charge in [0.2, 0.25) is 6.29 Å². The van der Waals surface area contributed by atoms with Crippen molar-refractivity contribution in [1.29, 1.82) is 0 Å². The molecule has 92 valence electrons. The molecule has 2 aromatic rings. The molecule has 1 unspecified atom stereocenters. The Bertz CT molecular complexity index is 615. The van der Waals surface area contributed by atoms with Crippen LogP contribution >= 0.6 is 12.2 Å². The first kappa shape index (κ1) is 11.1. The van der Waals surface area contributed by atoms with Crippen LogP contribution in [0.4, 0.5) is 0 Å². The van der Waals surface area contributed by atoms with Crippen molar-refractivity contribution in [3.8, 4) is 0 Å². The molecule has 0 radical (unpaired) electrons. The third kappa shape index (κ3) is 2.31. The van der Waals surface area contributed by atoms with Gasteiger partial charge in [-0.25, -0.2) is 0 Å². The van der Waals surface area contributed by atoms with Crippen molar-refractivity contribution in [3.63, 3.8) is 0 Å². The average molecular weight is 260 g/mol. The van der Waals surface area contributed by atoms with Crippen LogP contribution in [0.15, 0.2) is 42.8 Å². The molecule has 0 spiro atoms. The zero-order chi connectivity index (χ0) is 12.4. The van der Waals surface area contributed by atoms with E-state index in [0.717, 1.165) is 5.69 Å². The van der Waals surface area contributed by atoms with Gasteiger partial charge in [0.1, 0.15) is 12.0 Å². The van der Waals surface area contributed by atoms with Gasteiger partial charge >= 0.3 is 0 Å². The maximum Gasteiger partial charge on any atom is 0.244 e. The SMILES string of the molecule is S=c1[nH]cc(C2=COC(Cc3ccccc3)O2)[nH]1. The van der Waals surface area contributed by atoms with E-state index < -0.39 is 0 Å². The summed E-state index contributed by atoms with van der Waals surface area (Å²) in [5, 5.41) is 0. The van der Waals surface area contributed by atoms with E-state index in [1.807, 2.05) is 18.2 Å². The molecular weight excluding hydrogens is 248 g/mol. The summed E-state index contributed by atoms with van der Waals surface area (Å²) in [5.41, 5.74) is 1.98. The van der Waals surface area contributed by atoms with E-state index in [1.165, 1.54) is 5.56 Å². The van der Waals surface area contributed by atoms with Crippen molar-refractivity contribution in [3.05, 3.63) is 58.8 Å². The Kier molecular flexibility index (Phi) is 2.90. The molecule has 2 heterocycles. The summed E-state index contributed by atoms with van der Waals surface area (Å²) in [5.74, 6) is 0.670. The molecule has 1 aliphatic rings. The maximum atomic E-state index is 5.71. The summed E-state index contributed by atoms with van der Waals surface area (Å²) in [6, 6.07) is 10.1. The number of aromatic amines is 2. The van der Waals surface area contributed by atoms with Gasteiger partial charge in [-0.05, 0) is 17.8 Å². The number of hydrogen-bond donors (Lipinski definition) is 2. The Labute approximate surface area is 109 Å². The van der Waals surface area contributed by atoms with Gasteiger partial charge in [0.05, 0.1) is 0 Å². The lowest BCUT2D eigenvalue weighted by molar-refractivity contribution is -0.0137. The largest absolute Gasteiger partial charge is 0.458 e. The van der Waals surface area contributed by atoms with E-state index in [9.17, 15) is 0 Å². The predicted octanol–water partition coefficient (Wildman–Crippen LogP) is 2.99. The molecule has 0 saturated carbocycles. The maximum absolute atomic E-state index is 5.71. The number of ether oxygens (including phenoxy) is 2. The number of aromatic nitrogens is 2. The van der Waals surface area contributed by atoms with Gasteiger partial charge in [0, 0.05) is 12.6 Å². The van der Waals surface area contributed by atoms with Crippen LogP contribution in [0.1, 0.15) is 11.3 Å². The average Bonchev–Trinajstić information content (AvgIpc) is 2.99. The Hall–Kier alpha value is -2.01. The predicted molar refractivity (Wildman–Crippen MR) is 70.1 cm³/mol. The number of imidazole rings is 1. The molecule has 1 aliphatic heterocycles. The number of hydrogen-bond acceptors (Lipinski definition) is 3. The number of nitrogens with one attached hydrogen (secondary N) is 2. The fourth-order valence-electron chi connectivity index (χ4n) is 1.82. The molecule has 3 rings (SSSR count). The molecule has 0 aliphatic carbocycles. The van der Waals surface area contributed by atoms with Crippen molar-refractivity contribution >= 4 is 18.0 Å². The first-order chi connectivity index (χ1) is 8.81. The zero-order valence-corrected chi connectivity index (χ0v) is 10.4. The van der Waals surface area contributed by atoms with E-state index in [-0.39, 0.29) is 6.29 Å². The summed E-state index contributed by atoms with van der Waals surface area (Å²) in [6.45, 7) is 0. The van der Waals surface area contributed by atoms with Crippen LogP contribution < -0.4 is 0 Å². The molecule has 1 aromatic heterocycles. The number of H-pyrrole nitrogens is 2. The van der Waals surface area contributed by atoms with Gasteiger partial charge in [-0.2, -0.15) is 0 Å². The first-order valence-electron chi connectivity index (χ1n) is 5.65. The van der Waals surface area contributed by atoms with E-state index >= 15 is 0 Å². The molecular formula is C13H12N2O2S. The zero-order valence-electron chi connectivity index (χ0n) is 9.55. The summed E-state index contributed by atoms with van der Waals surface area (Å²) in [4.78, 5) is 5.88. The molecule has 0 fully saturated rings. The lowest BCUT2D eigenvalue weighted by atomic mass is 10.1. The van der Waals surface area contributed by atoms with Gasteiger partial charge in [-0.1, -0.05) is 30.3 Å². The van der Waals surface area contributed by atoms with E-state index in [2.05, 4.69) is 22.1 Å². The number of benzene rings is 1.